The number of nitrogens with zero attached hydrogens (tertiary/aromatic N) is 1. The van der Waals surface area contributed by atoms with Crippen LogP contribution in [0.4, 0.5) is 0 Å². The molecule has 0 aliphatic carbocycles. The van der Waals surface area contributed by atoms with Crippen LogP contribution in [-0.2, 0) is 4.79 Å². The lowest BCUT2D eigenvalue weighted by atomic mass is 10.1. The Morgan fingerprint density at radius 2 is 2.07 bits per heavy atom. The third kappa shape index (κ3) is 2.98. The van der Waals surface area contributed by atoms with E-state index < -0.39 is 0 Å². The molecule has 3 nitrogen and oxygen atoms in total. The quantitative estimate of drug-likeness (QED) is 0.724. The second-order valence-corrected chi connectivity index (χ2v) is 4.44. The Morgan fingerprint density at radius 1 is 1.36 bits per heavy atom. The zero-order valence-electron chi connectivity index (χ0n) is 9.55. The SMILES string of the molecule is CC(C)C(=O)N(C)C1CCCNCC1. The lowest BCUT2D eigenvalue weighted by molar-refractivity contribution is -0.135. The molecule has 0 spiro atoms. The van der Waals surface area contributed by atoms with E-state index in [1.807, 2.05) is 25.8 Å². The molecule has 3 heteroatoms. The van der Waals surface area contributed by atoms with Gasteiger partial charge in [0.1, 0.15) is 0 Å². The summed E-state index contributed by atoms with van der Waals surface area (Å²) in [6.45, 7) is 6.07. The van der Waals surface area contributed by atoms with Gasteiger partial charge in [-0.05, 0) is 32.4 Å². The molecule has 0 aromatic rings. The van der Waals surface area contributed by atoms with E-state index >= 15 is 0 Å². The summed E-state index contributed by atoms with van der Waals surface area (Å²) in [4.78, 5) is 13.7. The summed E-state index contributed by atoms with van der Waals surface area (Å²) < 4.78 is 0. The Morgan fingerprint density at radius 3 is 2.71 bits per heavy atom. The molecule has 1 rings (SSSR count). The average molecular weight is 198 g/mol. The Bertz CT molecular complexity index is 184. The molecule has 1 saturated heterocycles. The summed E-state index contributed by atoms with van der Waals surface area (Å²) in [6.07, 6.45) is 3.41. The zero-order valence-corrected chi connectivity index (χ0v) is 9.55. The second kappa shape index (κ2) is 5.35. The van der Waals surface area contributed by atoms with E-state index in [-0.39, 0.29) is 11.8 Å². The van der Waals surface area contributed by atoms with Gasteiger partial charge in [-0.3, -0.25) is 4.79 Å². The van der Waals surface area contributed by atoms with E-state index in [0.717, 1.165) is 25.9 Å². The Balaban J connectivity index is 2.49. The van der Waals surface area contributed by atoms with E-state index in [1.54, 1.807) is 0 Å². The van der Waals surface area contributed by atoms with Crippen molar-refractivity contribution >= 4 is 5.91 Å². The molecule has 1 atom stereocenters. The first-order valence-corrected chi connectivity index (χ1v) is 5.60. The van der Waals surface area contributed by atoms with E-state index in [0.29, 0.717) is 6.04 Å². The van der Waals surface area contributed by atoms with Crippen molar-refractivity contribution in [1.29, 1.82) is 0 Å². The summed E-state index contributed by atoms with van der Waals surface area (Å²) in [5, 5.41) is 3.36. The maximum Gasteiger partial charge on any atom is 0.225 e. The van der Waals surface area contributed by atoms with Crippen molar-refractivity contribution < 1.29 is 4.79 Å². The van der Waals surface area contributed by atoms with Gasteiger partial charge in [-0.25, -0.2) is 0 Å². The Labute approximate surface area is 86.9 Å². The molecular formula is C11H22N2O. The van der Waals surface area contributed by atoms with E-state index in [1.165, 1.54) is 6.42 Å². The molecule has 14 heavy (non-hydrogen) atoms. The molecule has 0 bridgehead atoms. The van der Waals surface area contributed by atoms with Crippen LogP contribution in [-0.4, -0.2) is 37.0 Å². The van der Waals surface area contributed by atoms with Crippen molar-refractivity contribution in [3.05, 3.63) is 0 Å². The van der Waals surface area contributed by atoms with Gasteiger partial charge >= 0.3 is 0 Å². The number of rotatable bonds is 2. The lowest BCUT2D eigenvalue weighted by Crippen LogP contribution is -2.39. The number of carbonyl (C=O) groups excluding carboxylic acids is 1. The highest BCUT2D eigenvalue weighted by Crippen LogP contribution is 2.14. The first-order valence-electron chi connectivity index (χ1n) is 5.60. The number of nitrogens with one attached hydrogen (secondary N) is 1. The fourth-order valence-corrected chi connectivity index (χ4v) is 1.98. The fourth-order valence-electron chi connectivity index (χ4n) is 1.98. The Kier molecular flexibility index (Phi) is 4.39. The highest BCUT2D eigenvalue weighted by atomic mass is 16.2. The summed E-state index contributed by atoms with van der Waals surface area (Å²) in [6, 6.07) is 0.444. The van der Waals surface area contributed by atoms with Crippen molar-refractivity contribution in [1.82, 2.24) is 10.2 Å². The molecule has 1 aliphatic heterocycles. The largest absolute Gasteiger partial charge is 0.343 e. The van der Waals surface area contributed by atoms with Gasteiger partial charge < -0.3 is 10.2 Å². The van der Waals surface area contributed by atoms with Gasteiger partial charge in [-0.2, -0.15) is 0 Å². The van der Waals surface area contributed by atoms with Crippen LogP contribution in [0, 0.1) is 5.92 Å². The maximum atomic E-state index is 11.8. The van der Waals surface area contributed by atoms with E-state index in [2.05, 4.69) is 5.32 Å². The zero-order chi connectivity index (χ0) is 10.6. The number of hydrogen-bond acceptors (Lipinski definition) is 2. The third-order valence-electron chi connectivity index (χ3n) is 2.93. The normalized spacial score (nSPS) is 23.3. The molecule has 0 saturated carbocycles. The van der Waals surface area contributed by atoms with Gasteiger partial charge in [0, 0.05) is 19.0 Å². The first-order chi connectivity index (χ1) is 6.63. The highest BCUT2D eigenvalue weighted by molar-refractivity contribution is 5.78. The fraction of sp³-hybridized carbons (Fsp3) is 0.909. The van der Waals surface area contributed by atoms with Crippen LogP contribution in [0.5, 0.6) is 0 Å². The summed E-state index contributed by atoms with van der Waals surface area (Å²) in [5.74, 6) is 0.396. The standard InChI is InChI=1S/C11H22N2O/c1-9(2)11(14)13(3)10-5-4-7-12-8-6-10/h9-10,12H,4-8H2,1-3H3. The number of carbonyl (C=O) groups is 1. The first kappa shape index (κ1) is 11.5. The van der Waals surface area contributed by atoms with Crippen LogP contribution >= 0.6 is 0 Å². The van der Waals surface area contributed by atoms with Crippen molar-refractivity contribution in [2.75, 3.05) is 20.1 Å². The molecule has 0 aromatic carbocycles. The monoisotopic (exact) mass is 198 g/mol. The predicted octanol–water partition coefficient (Wildman–Crippen LogP) is 1.24. The van der Waals surface area contributed by atoms with Crippen LogP contribution < -0.4 is 5.32 Å². The van der Waals surface area contributed by atoms with Crippen molar-refractivity contribution in [2.45, 2.75) is 39.2 Å². The van der Waals surface area contributed by atoms with Gasteiger partial charge in [0.15, 0.2) is 0 Å². The van der Waals surface area contributed by atoms with Gasteiger partial charge in [0.05, 0.1) is 0 Å². The van der Waals surface area contributed by atoms with Crippen molar-refractivity contribution in [3.63, 3.8) is 0 Å². The number of amides is 1. The lowest BCUT2D eigenvalue weighted by Gasteiger charge is -2.28. The van der Waals surface area contributed by atoms with Crippen molar-refractivity contribution in [3.8, 4) is 0 Å². The molecule has 82 valence electrons. The minimum Gasteiger partial charge on any atom is -0.343 e. The summed E-state index contributed by atoms with van der Waals surface area (Å²) >= 11 is 0. The van der Waals surface area contributed by atoms with Crippen molar-refractivity contribution in [2.24, 2.45) is 5.92 Å². The second-order valence-electron chi connectivity index (χ2n) is 4.44. The van der Waals surface area contributed by atoms with Crippen LogP contribution in [0.25, 0.3) is 0 Å². The average Bonchev–Trinajstić information content (AvgIpc) is 2.43. The molecule has 1 unspecified atom stereocenters. The van der Waals surface area contributed by atoms with Gasteiger partial charge in [-0.15, -0.1) is 0 Å². The van der Waals surface area contributed by atoms with Crippen LogP contribution in [0.2, 0.25) is 0 Å². The molecule has 1 heterocycles. The molecule has 0 aromatic heterocycles. The van der Waals surface area contributed by atoms with Gasteiger partial charge in [0.25, 0.3) is 0 Å². The van der Waals surface area contributed by atoms with Crippen LogP contribution in [0.1, 0.15) is 33.1 Å². The molecule has 1 N–H and O–H groups in total. The minimum atomic E-state index is 0.121. The topological polar surface area (TPSA) is 32.3 Å². The van der Waals surface area contributed by atoms with Crippen LogP contribution in [0.15, 0.2) is 0 Å². The highest BCUT2D eigenvalue weighted by Gasteiger charge is 2.22. The predicted molar refractivity (Wildman–Crippen MR) is 58.1 cm³/mol. The molecule has 0 radical (unpaired) electrons. The maximum absolute atomic E-state index is 11.8. The molecule has 1 fully saturated rings. The summed E-state index contributed by atoms with van der Waals surface area (Å²) in [5.41, 5.74) is 0. The number of hydrogen-bond donors (Lipinski definition) is 1. The van der Waals surface area contributed by atoms with E-state index in [9.17, 15) is 4.79 Å². The molecule has 1 amide bonds. The minimum absolute atomic E-state index is 0.121. The summed E-state index contributed by atoms with van der Waals surface area (Å²) in [7, 11) is 1.94. The third-order valence-corrected chi connectivity index (χ3v) is 2.93. The Hall–Kier alpha value is -0.570. The molecular weight excluding hydrogens is 176 g/mol. The molecule has 1 aliphatic rings. The smallest absolute Gasteiger partial charge is 0.225 e. The van der Waals surface area contributed by atoms with Gasteiger partial charge in [-0.1, -0.05) is 13.8 Å². The van der Waals surface area contributed by atoms with E-state index in [4.69, 9.17) is 0 Å². The van der Waals surface area contributed by atoms with Gasteiger partial charge in [0.2, 0.25) is 5.91 Å². The van der Waals surface area contributed by atoms with Crippen LogP contribution in [0.3, 0.4) is 0 Å².